The highest BCUT2D eigenvalue weighted by Gasteiger charge is 2.05. The molecule has 1 aromatic carbocycles. The normalized spacial score (nSPS) is 11.9. The number of ether oxygens (including phenoxy) is 1. The van der Waals surface area contributed by atoms with Crippen LogP contribution >= 0.6 is 0 Å². The number of hydrogen-bond donors (Lipinski definition) is 1. The summed E-state index contributed by atoms with van der Waals surface area (Å²) >= 11 is 0. The molecule has 0 heterocycles. The Hall–Kier alpha value is -1.51. The number of carbonyl (C=O) groups excluding carboxylic acids is 1. The van der Waals surface area contributed by atoms with Crippen LogP contribution in [0.2, 0.25) is 0 Å². The van der Waals surface area contributed by atoms with Crippen molar-refractivity contribution in [1.82, 2.24) is 5.32 Å². The van der Waals surface area contributed by atoms with Crippen LogP contribution in [0.5, 0.6) is 0 Å². The number of amides is 1. The molecule has 1 unspecified atom stereocenters. The fourth-order valence-electron chi connectivity index (χ4n) is 1.07. The molecule has 0 saturated heterocycles. The maximum atomic E-state index is 11.3. The van der Waals surface area contributed by atoms with Crippen LogP contribution in [0.25, 0.3) is 0 Å². The Labute approximate surface area is 90.4 Å². The molecule has 0 radical (unpaired) electrons. The van der Waals surface area contributed by atoms with Crippen LogP contribution in [0.4, 0.5) is 4.79 Å². The smallest absolute Gasteiger partial charge is 0.407 e. The van der Waals surface area contributed by atoms with E-state index in [-0.39, 0.29) is 12.1 Å². The van der Waals surface area contributed by atoms with Crippen molar-refractivity contribution < 1.29 is 9.53 Å². The molecule has 0 spiro atoms. The third-order valence-electron chi connectivity index (χ3n) is 2.19. The summed E-state index contributed by atoms with van der Waals surface area (Å²) in [5.41, 5.74) is 0.997. The molecule has 1 rings (SSSR count). The molecule has 15 heavy (non-hydrogen) atoms. The average Bonchev–Trinajstić information content (AvgIpc) is 2.27. The first-order valence-electron chi connectivity index (χ1n) is 5.19. The summed E-state index contributed by atoms with van der Waals surface area (Å²) in [4.78, 5) is 11.3. The van der Waals surface area contributed by atoms with Gasteiger partial charge in [0.05, 0.1) is 0 Å². The quantitative estimate of drug-likeness (QED) is 0.824. The van der Waals surface area contributed by atoms with E-state index in [1.807, 2.05) is 44.2 Å². The van der Waals surface area contributed by atoms with Gasteiger partial charge < -0.3 is 10.1 Å². The third kappa shape index (κ3) is 4.49. The molecule has 1 amide bonds. The van der Waals surface area contributed by atoms with Crippen molar-refractivity contribution in [2.75, 3.05) is 0 Å². The molecule has 0 saturated carbocycles. The maximum absolute atomic E-state index is 11.3. The van der Waals surface area contributed by atoms with Gasteiger partial charge in [0.2, 0.25) is 0 Å². The summed E-state index contributed by atoms with van der Waals surface area (Å²) in [6.07, 6.45) is 0.550. The van der Waals surface area contributed by atoms with Crippen molar-refractivity contribution >= 4 is 6.09 Å². The van der Waals surface area contributed by atoms with Gasteiger partial charge in [-0.05, 0) is 18.9 Å². The molecule has 0 fully saturated rings. The van der Waals surface area contributed by atoms with E-state index in [4.69, 9.17) is 4.74 Å². The second-order valence-electron chi connectivity index (χ2n) is 3.52. The predicted octanol–water partition coefficient (Wildman–Crippen LogP) is 2.71. The van der Waals surface area contributed by atoms with Gasteiger partial charge in [0.15, 0.2) is 0 Å². The molecule has 0 bridgehead atoms. The molecule has 3 nitrogen and oxygen atoms in total. The summed E-state index contributed by atoms with van der Waals surface area (Å²) in [7, 11) is 0. The van der Waals surface area contributed by atoms with Gasteiger partial charge in [-0.25, -0.2) is 4.79 Å². The number of benzene rings is 1. The van der Waals surface area contributed by atoms with E-state index >= 15 is 0 Å². The second-order valence-corrected chi connectivity index (χ2v) is 3.52. The Morgan fingerprint density at radius 2 is 2.07 bits per heavy atom. The third-order valence-corrected chi connectivity index (χ3v) is 2.19. The van der Waals surface area contributed by atoms with Crippen LogP contribution in [0.1, 0.15) is 25.8 Å². The van der Waals surface area contributed by atoms with E-state index in [9.17, 15) is 4.79 Å². The lowest BCUT2D eigenvalue weighted by atomic mass is 10.2. The fraction of sp³-hybridized carbons (Fsp3) is 0.417. The molecule has 82 valence electrons. The molecule has 3 heteroatoms. The SMILES string of the molecule is CCC(C)NC(=O)OCc1ccccc1. The van der Waals surface area contributed by atoms with Crippen molar-refractivity contribution in [2.24, 2.45) is 0 Å². The van der Waals surface area contributed by atoms with Crippen molar-refractivity contribution in [3.63, 3.8) is 0 Å². The number of rotatable bonds is 4. The summed E-state index contributed by atoms with van der Waals surface area (Å²) < 4.78 is 5.05. The summed E-state index contributed by atoms with van der Waals surface area (Å²) in [5, 5.41) is 2.74. The van der Waals surface area contributed by atoms with Crippen LogP contribution in [-0.2, 0) is 11.3 Å². The summed E-state index contributed by atoms with van der Waals surface area (Å²) in [6, 6.07) is 9.79. The van der Waals surface area contributed by atoms with Gasteiger partial charge in [0, 0.05) is 6.04 Å². The van der Waals surface area contributed by atoms with Crippen LogP contribution < -0.4 is 5.32 Å². The van der Waals surface area contributed by atoms with Gasteiger partial charge >= 0.3 is 6.09 Å². The summed E-state index contributed by atoms with van der Waals surface area (Å²) in [5.74, 6) is 0. The maximum Gasteiger partial charge on any atom is 0.407 e. The molecule has 0 aliphatic carbocycles. The van der Waals surface area contributed by atoms with Crippen LogP contribution in [-0.4, -0.2) is 12.1 Å². The lowest BCUT2D eigenvalue weighted by molar-refractivity contribution is 0.136. The van der Waals surface area contributed by atoms with Gasteiger partial charge in [0.25, 0.3) is 0 Å². The Morgan fingerprint density at radius 3 is 2.67 bits per heavy atom. The van der Waals surface area contributed by atoms with Gasteiger partial charge in [-0.15, -0.1) is 0 Å². The van der Waals surface area contributed by atoms with Crippen molar-refractivity contribution in [1.29, 1.82) is 0 Å². The van der Waals surface area contributed by atoms with Crippen LogP contribution in [0, 0.1) is 0 Å². The molecule has 1 N–H and O–H groups in total. The molecule has 1 atom stereocenters. The highest BCUT2D eigenvalue weighted by molar-refractivity contribution is 5.67. The standard InChI is InChI=1S/C12H17NO2/c1-3-10(2)13-12(14)15-9-11-7-5-4-6-8-11/h4-8,10H,3,9H2,1-2H3,(H,13,14). The highest BCUT2D eigenvalue weighted by atomic mass is 16.5. The van der Waals surface area contributed by atoms with Gasteiger partial charge in [0.1, 0.15) is 6.61 Å². The van der Waals surface area contributed by atoms with Crippen molar-refractivity contribution in [3.8, 4) is 0 Å². The predicted molar refractivity (Wildman–Crippen MR) is 59.5 cm³/mol. The van der Waals surface area contributed by atoms with E-state index in [0.29, 0.717) is 6.61 Å². The first-order chi connectivity index (χ1) is 7.22. The first kappa shape index (κ1) is 11.6. The van der Waals surface area contributed by atoms with Gasteiger partial charge in [-0.2, -0.15) is 0 Å². The van der Waals surface area contributed by atoms with Crippen molar-refractivity contribution in [3.05, 3.63) is 35.9 Å². The van der Waals surface area contributed by atoms with E-state index < -0.39 is 0 Å². The fourth-order valence-corrected chi connectivity index (χ4v) is 1.07. The lowest BCUT2D eigenvalue weighted by Gasteiger charge is -2.11. The van der Waals surface area contributed by atoms with Crippen molar-refractivity contribution in [2.45, 2.75) is 32.9 Å². The van der Waals surface area contributed by atoms with Crippen LogP contribution in [0.3, 0.4) is 0 Å². The first-order valence-corrected chi connectivity index (χ1v) is 5.19. The molecule has 0 aliphatic heterocycles. The molecule has 0 aromatic heterocycles. The molecular formula is C12H17NO2. The topological polar surface area (TPSA) is 38.3 Å². The van der Waals surface area contributed by atoms with E-state index in [2.05, 4.69) is 5.32 Å². The zero-order chi connectivity index (χ0) is 11.1. The minimum atomic E-state index is -0.354. The van der Waals surface area contributed by atoms with Gasteiger partial charge in [-0.3, -0.25) is 0 Å². The zero-order valence-electron chi connectivity index (χ0n) is 9.19. The van der Waals surface area contributed by atoms with Crippen LogP contribution in [0.15, 0.2) is 30.3 Å². The molecule has 0 aliphatic rings. The summed E-state index contributed by atoms with van der Waals surface area (Å²) in [6.45, 7) is 4.29. The zero-order valence-corrected chi connectivity index (χ0v) is 9.19. The largest absolute Gasteiger partial charge is 0.445 e. The Balaban J connectivity index is 2.29. The Morgan fingerprint density at radius 1 is 1.40 bits per heavy atom. The van der Waals surface area contributed by atoms with E-state index in [0.717, 1.165) is 12.0 Å². The number of nitrogens with one attached hydrogen (secondary N) is 1. The number of carbonyl (C=O) groups is 1. The average molecular weight is 207 g/mol. The Kier molecular flexibility index (Phi) is 4.68. The Bertz CT molecular complexity index is 298. The second kappa shape index (κ2) is 6.06. The van der Waals surface area contributed by atoms with Gasteiger partial charge in [-0.1, -0.05) is 37.3 Å². The lowest BCUT2D eigenvalue weighted by Crippen LogP contribution is -2.32. The molecule has 1 aromatic rings. The minimum absolute atomic E-state index is 0.160. The number of hydrogen-bond acceptors (Lipinski definition) is 2. The van der Waals surface area contributed by atoms with E-state index in [1.54, 1.807) is 0 Å². The highest BCUT2D eigenvalue weighted by Crippen LogP contribution is 2.00. The monoisotopic (exact) mass is 207 g/mol. The minimum Gasteiger partial charge on any atom is -0.445 e. The van der Waals surface area contributed by atoms with E-state index in [1.165, 1.54) is 0 Å². The molecular weight excluding hydrogens is 190 g/mol. The number of alkyl carbamates (subject to hydrolysis) is 1.